The first-order valence-corrected chi connectivity index (χ1v) is 10.6. The summed E-state index contributed by atoms with van der Waals surface area (Å²) in [5.74, 6) is 1.33. The van der Waals surface area contributed by atoms with Crippen molar-refractivity contribution in [1.29, 1.82) is 5.41 Å². The molecule has 5 N–H and O–H groups in total. The summed E-state index contributed by atoms with van der Waals surface area (Å²) >= 11 is 0. The number of pyridine rings is 1. The molecular formula is C23H25N9. The Hall–Kier alpha value is -4.01. The van der Waals surface area contributed by atoms with E-state index in [1.54, 1.807) is 4.68 Å². The lowest BCUT2D eigenvalue weighted by molar-refractivity contribution is 0.686. The second-order valence-corrected chi connectivity index (χ2v) is 8.03. The average Bonchev–Trinajstić information content (AvgIpc) is 3.44. The summed E-state index contributed by atoms with van der Waals surface area (Å²) in [7, 11) is 0. The van der Waals surface area contributed by atoms with Crippen LogP contribution in [0.1, 0.15) is 29.8 Å². The van der Waals surface area contributed by atoms with Crippen molar-refractivity contribution in [2.45, 2.75) is 26.3 Å². The number of hydrogen-bond acceptors (Lipinski definition) is 8. The smallest absolute Gasteiger partial charge is 0.164 e. The molecule has 0 aliphatic carbocycles. The van der Waals surface area contributed by atoms with Gasteiger partial charge in [-0.2, -0.15) is 5.10 Å². The van der Waals surface area contributed by atoms with Crippen LogP contribution in [0.2, 0.25) is 0 Å². The van der Waals surface area contributed by atoms with Crippen LogP contribution >= 0.6 is 0 Å². The Morgan fingerprint density at radius 1 is 1.19 bits per heavy atom. The fourth-order valence-corrected chi connectivity index (χ4v) is 4.45. The van der Waals surface area contributed by atoms with E-state index in [4.69, 9.17) is 27.0 Å². The molecule has 0 unspecified atom stereocenters. The number of rotatable bonds is 5. The van der Waals surface area contributed by atoms with Gasteiger partial charge in [0, 0.05) is 36.5 Å². The summed E-state index contributed by atoms with van der Waals surface area (Å²) in [6, 6.07) is 8.45. The third-order valence-electron chi connectivity index (χ3n) is 5.98. The zero-order valence-corrected chi connectivity index (χ0v) is 17.9. The van der Waals surface area contributed by atoms with Gasteiger partial charge in [0.15, 0.2) is 5.65 Å². The zero-order valence-electron chi connectivity index (χ0n) is 17.9. The molecule has 4 aromatic rings. The average molecular weight is 428 g/mol. The highest BCUT2D eigenvalue weighted by Gasteiger charge is 2.21. The van der Waals surface area contributed by atoms with Crippen molar-refractivity contribution in [3.8, 4) is 0 Å². The number of nitrogens with zero attached hydrogens (tertiary/aromatic N) is 6. The Balaban J connectivity index is 1.67. The summed E-state index contributed by atoms with van der Waals surface area (Å²) in [5.41, 5.74) is 15.5. The highest BCUT2D eigenvalue weighted by molar-refractivity contribution is 6.13. The lowest BCUT2D eigenvalue weighted by Crippen LogP contribution is -2.20. The van der Waals surface area contributed by atoms with E-state index in [0.717, 1.165) is 36.2 Å². The van der Waals surface area contributed by atoms with Crippen LogP contribution in [0.25, 0.3) is 27.4 Å². The van der Waals surface area contributed by atoms with Crippen LogP contribution in [0.3, 0.4) is 0 Å². The van der Waals surface area contributed by atoms with Crippen molar-refractivity contribution < 1.29 is 0 Å². The highest BCUT2D eigenvalue weighted by Crippen LogP contribution is 2.32. The number of anilines is 2. The van der Waals surface area contributed by atoms with Crippen molar-refractivity contribution in [2.24, 2.45) is 5.73 Å². The minimum atomic E-state index is 0.303. The number of nitrogens with one attached hydrogen (secondary N) is 1. The predicted molar refractivity (Wildman–Crippen MR) is 128 cm³/mol. The van der Waals surface area contributed by atoms with Crippen LogP contribution in [0.4, 0.5) is 11.6 Å². The quantitative estimate of drug-likeness (QED) is 0.417. The molecule has 9 nitrogen and oxygen atoms in total. The minimum absolute atomic E-state index is 0.303. The van der Waals surface area contributed by atoms with Crippen LogP contribution in [0, 0.1) is 12.3 Å². The molecule has 9 heteroatoms. The van der Waals surface area contributed by atoms with Gasteiger partial charge in [0.25, 0.3) is 0 Å². The van der Waals surface area contributed by atoms with E-state index in [1.165, 1.54) is 36.3 Å². The second kappa shape index (κ2) is 7.92. The Bertz CT molecular complexity index is 1360. The molecule has 0 spiro atoms. The van der Waals surface area contributed by atoms with Crippen LogP contribution in [-0.2, 0) is 6.54 Å². The molecule has 1 fully saturated rings. The molecule has 0 radical (unpaired) electrons. The monoisotopic (exact) mass is 427 g/mol. The molecule has 1 aromatic carbocycles. The Labute approximate surface area is 185 Å². The minimum Gasteiger partial charge on any atom is -0.404 e. The molecule has 4 heterocycles. The highest BCUT2D eigenvalue weighted by atomic mass is 15.3. The molecule has 32 heavy (non-hydrogen) atoms. The standard InChI is InChI=1S/C23H25N9/c1-14-5-4-6-15-9-17(29-23(18(14)15)31-7-2-3-8-31)12-32-22-19(21(26)27-13-28-22)20(30-32)16(10-24)11-25/h4-6,9-11,13,24H,2-3,7-8,12,25H2,1H3,(H2,26,27,28)/b16-11+,24-10?. The molecule has 1 saturated heterocycles. The number of nitrogens with two attached hydrogens (primary N) is 2. The molecule has 5 rings (SSSR count). The maximum atomic E-state index is 7.69. The summed E-state index contributed by atoms with van der Waals surface area (Å²) < 4.78 is 1.76. The molecule has 1 aliphatic heterocycles. The molecule has 3 aromatic heterocycles. The maximum absolute atomic E-state index is 7.69. The van der Waals surface area contributed by atoms with E-state index in [0.29, 0.717) is 34.7 Å². The number of benzene rings is 1. The number of fused-ring (bicyclic) bond motifs is 2. The van der Waals surface area contributed by atoms with Gasteiger partial charge in [0.2, 0.25) is 0 Å². The van der Waals surface area contributed by atoms with Gasteiger partial charge in [0.1, 0.15) is 23.7 Å². The molecular weight excluding hydrogens is 402 g/mol. The van der Waals surface area contributed by atoms with Crippen molar-refractivity contribution in [3.05, 3.63) is 53.7 Å². The number of allylic oxidation sites excluding steroid dienone is 1. The summed E-state index contributed by atoms with van der Waals surface area (Å²) in [6.45, 7) is 4.58. The van der Waals surface area contributed by atoms with Crippen molar-refractivity contribution in [2.75, 3.05) is 23.7 Å². The van der Waals surface area contributed by atoms with E-state index in [-0.39, 0.29) is 0 Å². The largest absolute Gasteiger partial charge is 0.404 e. The molecule has 1 aliphatic rings. The first-order valence-electron chi connectivity index (χ1n) is 10.6. The summed E-state index contributed by atoms with van der Waals surface area (Å²) in [4.78, 5) is 16.0. The van der Waals surface area contributed by atoms with Gasteiger partial charge < -0.3 is 21.8 Å². The number of nitrogen functional groups attached to an aromatic ring is 1. The second-order valence-electron chi connectivity index (χ2n) is 8.03. The van der Waals surface area contributed by atoms with Gasteiger partial charge in [-0.1, -0.05) is 18.2 Å². The third kappa shape index (κ3) is 3.22. The summed E-state index contributed by atoms with van der Waals surface area (Å²) in [5, 5.41) is 15.3. The molecule has 162 valence electrons. The summed E-state index contributed by atoms with van der Waals surface area (Å²) in [6.07, 6.45) is 6.28. The first-order chi connectivity index (χ1) is 15.6. The van der Waals surface area contributed by atoms with Crippen molar-refractivity contribution >= 4 is 45.2 Å². The zero-order chi connectivity index (χ0) is 22.2. The van der Waals surface area contributed by atoms with Gasteiger partial charge in [-0.05, 0) is 36.8 Å². The van der Waals surface area contributed by atoms with Gasteiger partial charge in [-0.15, -0.1) is 0 Å². The van der Waals surface area contributed by atoms with Crippen molar-refractivity contribution in [1.82, 2.24) is 24.7 Å². The lowest BCUT2D eigenvalue weighted by atomic mass is 10.1. The topological polar surface area (TPSA) is 136 Å². The number of hydrogen-bond donors (Lipinski definition) is 3. The normalized spacial score (nSPS) is 14.5. The van der Waals surface area contributed by atoms with E-state index < -0.39 is 0 Å². The lowest BCUT2D eigenvalue weighted by Gasteiger charge is -2.21. The van der Waals surface area contributed by atoms with Gasteiger partial charge in [-0.3, -0.25) is 0 Å². The Morgan fingerprint density at radius 2 is 2.00 bits per heavy atom. The Morgan fingerprint density at radius 3 is 2.75 bits per heavy atom. The number of aryl methyl sites for hydroxylation is 1. The first kappa shape index (κ1) is 19.9. The van der Waals surface area contributed by atoms with E-state index in [2.05, 4.69) is 46.1 Å². The van der Waals surface area contributed by atoms with Crippen LogP contribution in [0.5, 0.6) is 0 Å². The molecule has 0 amide bonds. The van der Waals surface area contributed by atoms with E-state index in [1.807, 2.05) is 0 Å². The van der Waals surface area contributed by atoms with Gasteiger partial charge >= 0.3 is 0 Å². The van der Waals surface area contributed by atoms with Gasteiger partial charge in [0.05, 0.1) is 17.6 Å². The molecule has 0 atom stereocenters. The van der Waals surface area contributed by atoms with Crippen LogP contribution in [-0.4, -0.2) is 44.0 Å². The van der Waals surface area contributed by atoms with Crippen LogP contribution < -0.4 is 16.4 Å². The van der Waals surface area contributed by atoms with Crippen LogP contribution in [0.15, 0.2) is 36.8 Å². The molecule has 0 saturated carbocycles. The maximum Gasteiger partial charge on any atom is 0.164 e. The van der Waals surface area contributed by atoms with Gasteiger partial charge in [-0.25, -0.2) is 19.6 Å². The van der Waals surface area contributed by atoms with E-state index in [9.17, 15) is 0 Å². The number of aromatic nitrogens is 5. The fraction of sp³-hybridized carbons (Fsp3) is 0.261. The SMILES string of the molecule is Cc1cccc2cc(Cn3nc(/C(C=N)=C/N)c4c(N)ncnc43)nc(N3CCCC3)c12. The Kier molecular flexibility index (Phi) is 4.93. The predicted octanol–water partition coefficient (Wildman–Crippen LogP) is 2.86. The van der Waals surface area contributed by atoms with Crippen molar-refractivity contribution in [3.63, 3.8) is 0 Å². The molecule has 0 bridgehead atoms. The van der Waals surface area contributed by atoms with E-state index >= 15 is 0 Å². The fourth-order valence-electron chi connectivity index (χ4n) is 4.45. The third-order valence-corrected chi connectivity index (χ3v) is 5.98.